The first kappa shape index (κ1) is 14.8. The van der Waals surface area contributed by atoms with Crippen molar-refractivity contribution in [3.8, 4) is 0 Å². The first-order chi connectivity index (χ1) is 10.2. The number of amidine groups is 1. The van der Waals surface area contributed by atoms with E-state index in [2.05, 4.69) is 5.32 Å². The van der Waals surface area contributed by atoms with E-state index in [9.17, 15) is 0 Å². The monoisotopic (exact) mass is 336 g/mol. The van der Waals surface area contributed by atoms with Crippen molar-refractivity contribution in [3.63, 3.8) is 0 Å². The second-order valence-corrected chi connectivity index (χ2v) is 6.48. The van der Waals surface area contributed by atoms with Crippen LogP contribution in [0.5, 0.6) is 0 Å². The fourth-order valence-corrected chi connectivity index (χ4v) is 3.14. The SMILES string of the molecule is CSC1=N[C@@H](c2ccc(Cl)cc2)[C@H](c2ccc(Cl)cc2)N1. The molecule has 0 fully saturated rings. The molecule has 0 saturated heterocycles. The molecule has 3 rings (SSSR count). The molecule has 108 valence electrons. The molecule has 2 atom stereocenters. The number of halogens is 2. The van der Waals surface area contributed by atoms with Gasteiger partial charge in [-0.05, 0) is 41.6 Å². The minimum absolute atomic E-state index is 0.0471. The van der Waals surface area contributed by atoms with Gasteiger partial charge in [-0.15, -0.1) is 0 Å². The predicted molar refractivity (Wildman–Crippen MR) is 92.5 cm³/mol. The van der Waals surface area contributed by atoms with Gasteiger partial charge in [0.05, 0.1) is 6.04 Å². The minimum Gasteiger partial charge on any atom is -0.356 e. The lowest BCUT2D eigenvalue weighted by Gasteiger charge is -2.19. The Hall–Kier alpha value is -1.16. The van der Waals surface area contributed by atoms with Crippen LogP contribution in [0.15, 0.2) is 53.5 Å². The molecular weight excluding hydrogens is 323 g/mol. The van der Waals surface area contributed by atoms with E-state index in [1.54, 1.807) is 11.8 Å². The van der Waals surface area contributed by atoms with Crippen molar-refractivity contribution in [2.75, 3.05) is 6.26 Å². The number of hydrogen-bond donors (Lipinski definition) is 1. The van der Waals surface area contributed by atoms with Gasteiger partial charge in [0.25, 0.3) is 0 Å². The lowest BCUT2D eigenvalue weighted by Crippen LogP contribution is -2.22. The Morgan fingerprint density at radius 1 is 0.905 bits per heavy atom. The van der Waals surface area contributed by atoms with Gasteiger partial charge in [-0.1, -0.05) is 59.2 Å². The normalized spacial score (nSPS) is 21.0. The molecule has 1 N–H and O–H groups in total. The van der Waals surface area contributed by atoms with E-state index in [-0.39, 0.29) is 12.1 Å². The third kappa shape index (κ3) is 3.20. The minimum atomic E-state index is 0.0471. The van der Waals surface area contributed by atoms with Crippen LogP contribution in [-0.4, -0.2) is 11.4 Å². The molecule has 1 aliphatic rings. The summed E-state index contributed by atoms with van der Waals surface area (Å²) in [4.78, 5) is 4.78. The molecule has 0 bridgehead atoms. The van der Waals surface area contributed by atoms with Gasteiger partial charge < -0.3 is 5.32 Å². The summed E-state index contributed by atoms with van der Waals surface area (Å²) in [5.74, 6) is 0. The second kappa shape index (κ2) is 6.30. The Morgan fingerprint density at radius 2 is 1.43 bits per heavy atom. The topological polar surface area (TPSA) is 24.4 Å². The molecule has 0 saturated carbocycles. The Bertz CT molecular complexity index is 653. The summed E-state index contributed by atoms with van der Waals surface area (Å²) in [6.07, 6.45) is 2.02. The predicted octanol–water partition coefficient (Wildman–Crippen LogP) is 5.10. The van der Waals surface area contributed by atoms with E-state index in [1.165, 1.54) is 5.56 Å². The molecule has 0 aromatic heterocycles. The van der Waals surface area contributed by atoms with E-state index in [0.29, 0.717) is 0 Å². The molecule has 0 spiro atoms. The molecule has 21 heavy (non-hydrogen) atoms. The van der Waals surface area contributed by atoms with Crippen LogP contribution in [0, 0.1) is 0 Å². The largest absolute Gasteiger partial charge is 0.356 e. The van der Waals surface area contributed by atoms with Gasteiger partial charge in [0, 0.05) is 10.0 Å². The van der Waals surface area contributed by atoms with E-state index in [4.69, 9.17) is 28.2 Å². The van der Waals surface area contributed by atoms with E-state index in [0.717, 1.165) is 20.8 Å². The van der Waals surface area contributed by atoms with E-state index < -0.39 is 0 Å². The highest BCUT2D eigenvalue weighted by molar-refractivity contribution is 8.13. The first-order valence-electron chi connectivity index (χ1n) is 6.56. The van der Waals surface area contributed by atoms with Crippen LogP contribution in [0.4, 0.5) is 0 Å². The summed E-state index contributed by atoms with van der Waals surface area (Å²) < 4.78 is 0. The summed E-state index contributed by atoms with van der Waals surface area (Å²) >= 11 is 13.6. The average molecular weight is 337 g/mol. The number of thioether (sulfide) groups is 1. The van der Waals surface area contributed by atoms with Gasteiger partial charge in [-0.25, -0.2) is 0 Å². The molecule has 1 heterocycles. The standard InChI is InChI=1S/C16H14Cl2N2S/c1-21-16-19-14(10-2-6-12(17)7-3-10)15(20-16)11-4-8-13(18)9-5-11/h2-9,14-15H,1H3,(H,19,20)/t14-,15-/m0/s1. The van der Waals surface area contributed by atoms with Crippen LogP contribution < -0.4 is 5.32 Å². The van der Waals surface area contributed by atoms with E-state index in [1.807, 2.05) is 54.8 Å². The molecule has 0 unspecified atom stereocenters. The van der Waals surface area contributed by atoms with Crippen molar-refractivity contribution in [1.29, 1.82) is 0 Å². The summed E-state index contributed by atoms with van der Waals surface area (Å²) in [5.41, 5.74) is 2.32. The van der Waals surface area contributed by atoms with Crippen molar-refractivity contribution < 1.29 is 0 Å². The summed E-state index contributed by atoms with van der Waals surface area (Å²) in [7, 11) is 0. The maximum Gasteiger partial charge on any atom is 0.157 e. The second-order valence-electron chi connectivity index (χ2n) is 4.81. The molecule has 0 amide bonds. The van der Waals surface area contributed by atoms with Crippen molar-refractivity contribution >= 4 is 40.1 Å². The maximum absolute atomic E-state index is 5.98. The quantitative estimate of drug-likeness (QED) is 0.825. The summed E-state index contributed by atoms with van der Waals surface area (Å²) in [6.45, 7) is 0. The molecule has 2 nitrogen and oxygen atoms in total. The van der Waals surface area contributed by atoms with Gasteiger partial charge in [0.15, 0.2) is 5.17 Å². The summed E-state index contributed by atoms with van der Waals surface area (Å²) in [5, 5.41) is 5.91. The number of nitrogens with one attached hydrogen (secondary N) is 1. The smallest absolute Gasteiger partial charge is 0.157 e. The number of aliphatic imine (C=N–C) groups is 1. The molecule has 5 heteroatoms. The lowest BCUT2D eigenvalue weighted by atomic mass is 9.95. The highest BCUT2D eigenvalue weighted by Crippen LogP contribution is 2.38. The lowest BCUT2D eigenvalue weighted by molar-refractivity contribution is 0.573. The first-order valence-corrected chi connectivity index (χ1v) is 8.54. The van der Waals surface area contributed by atoms with Crippen molar-refractivity contribution in [2.45, 2.75) is 12.1 Å². The van der Waals surface area contributed by atoms with Crippen LogP contribution in [-0.2, 0) is 0 Å². The Kier molecular flexibility index (Phi) is 4.43. The zero-order valence-corrected chi connectivity index (χ0v) is 13.7. The van der Waals surface area contributed by atoms with Crippen molar-refractivity contribution in [2.24, 2.45) is 4.99 Å². The highest BCUT2D eigenvalue weighted by Gasteiger charge is 2.30. The van der Waals surface area contributed by atoms with Gasteiger partial charge in [0.2, 0.25) is 0 Å². The molecule has 0 aliphatic carbocycles. The van der Waals surface area contributed by atoms with Gasteiger partial charge >= 0.3 is 0 Å². The van der Waals surface area contributed by atoms with Crippen LogP contribution >= 0.6 is 35.0 Å². The van der Waals surface area contributed by atoms with Crippen molar-refractivity contribution in [3.05, 3.63) is 69.7 Å². The van der Waals surface area contributed by atoms with Crippen LogP contribution in [0.3, 0.4) is 0 Å². The van der Waals surface area contributed by atoms with Crippen molar-refractivity contribution in [1.82, 2.24) is 5.32 Å². The number of rotatable bonds is 2. The fraction of sp³-hybridized carbons (Fsp3) is 0.188. The molecule has 2 aromatic rings. The zero-order valence-electron chi connectivity index (χ0n) is 11.4. The zero-order chi connectivity index (χ0) is 14.8. The summed E-state index contributed by atoms with van der Waals surface area (Å²) in [6, 6.07) is 15.9. The molecule has 2 aromatic carbocycles. The Morgan fingerprint density at radius 3 is 1.95 bits per heavy atom. The van der Waals surface area contributed by atoms with Crippen LogP contribution in [0.2, 0.25) is 10.0 Å². The fourth-order valence-electron chi connectivity index (χ4n) is 2.42. The third-order valence-electron chi connectivity index (χ3n) is 3.49. The Labute approximate surface area is 138 Å². The van der Waals surface area contributed by atoms with Gasteiger partial charge in [0.1, 0.15) is 6.04 Å². The maximum atomic E-state index is 5.98. The molecule has 1 aliphatic heterocycles. The molecule has 0 radical (unpaired) electrons. The van der Waals surface area contributed by atoms with Crippen LogP contribution in [0.25, 0.3) is 0 Å². The number of hydrogen-bond acceptors (Lipinski definition) is 3. The van der Waals surface area contributed by atoms with E-state index >= 15 is 0 Å². The number of nitrogens with zero attached hydrogens (tertiary/aromatic N) is 1. The molecular formula is C16H14Cl2N2S. The number of benzene rings is 2. The highest BCUT2D eigenvalue weighted by atomic mass is 35.5. The van der Waals surface area contributed by atoms with Gasteiger partial charge in [-0.3, -0.25) is 4.99 Å². The van der Waals surface area contributed by atoms with Gasteiger partial charge in [-0.2, -0.15) is 0 Å². The third-order valence-corrected chi connectivity index (χ3v) is 4.60. The van der Waals surface area contributed by atoms with Crippen LogP contribution in [0.1, 0.15) is 23.2 Å². The Balaban J connectivity index is 1.95. The average Bonchev–Trinajstić information content (AvgIpc) is 2.93.